The van der Waals surface area contributed by atoms with Gasteiger partial charge in [0.15, 0.2) is 6.29 Å². The molecule has 1 aliphatic rings. The third kappa shape index (κ3) is 2.25. The molecule has 92 valence electrons. The zero-order chi connectivity index (χ0) is 12.4. The van der Waals surface area contributed by atoms with Crippen molar-refractivity contribution in [2.24, 2.45) is 0 Å². The van der Waals surface area contributed by atoms with Crippen LogP contribution in [0.4, 0.5) is 0 Å². The molecule has 1 aliphatic heterocycles. The number of aldehydes is 1. The second-order valence-electron chi connectivity index (χ2n) is 4.79. The maximum Gasteiger partial charge on any atom is 0.270 e. The molecule has 1 aromatic heterocycles. The molecule has 4 heteroatoms. The number of rotatable bonds is 2. The lowest BCUT2D eigenvalue weighted by molar-refractivity contribution is 0.0505. The first-order chi connectivity index (χ1) is 8.13. The maximum absolute atomic E-state index is 12.3. The maximum atomic E-state index is 12.3. The van der Waals surface area contributed by atoms with E-state index in [9.17, 15) is 9.59 Å². The summed E-state index contributed by atoms with van der Waals surface area (Å²) in [6.45, 7) is 4.16. The molecule has 0 saturated carbocycles. The third-order valence-corrected chi connectivity index (χ3v) is 3.49. The quantitative estimate of drug-likeness (QED) is 0.798. The van der Waals surface area contributed by atoms with E-state index in [4.69, 9.17) is 0 Å². The highest BCUT2D eigenvalue weighted by Gasteiger charge is 2.30. The summed E-state index contributed by atoms with van der Waals surface area (Å²) in [6.07, 6.45) is 4.00. The molecule has 0 bridgehead atoms. The predicted molar refractivity (Wildman–Crippen MR) is 65.1 cm³/mol. The zero-order valence-electron chi connectivity index (χ0n) is 10.3. The summed E-state index contributed by atoms with van der Waals surface area (Å²) in [7, 11) is 0. The normalized spacial score (nSPS) is 24.7. The van der Waals surface area contributed by atoms with Crippen LogP contribution in [0.25, 0.3) is 0 Å². The van der Waals surface area contributed by atoms with E-state index in [1.807, 2.05) is 4.90 Å². The van der Waals surface area contributed by atoms with Crippen molar-refractivity contribution in [1.82, 2.24) is 9.88 Å². The van der Waals surface area contributed by atoms with E-state index < -0.39 is 0 Å². The van der Waals surface area contributed by atoms with Gasteiger partial charge in [0.1, 0.15) is 5.69 Å². The van der Waals surface area contributed by atoms with Gasteiger partial charge in [0, 0.05) is 12.1 Å². The number of aromatic amines is 1. The number of likely N-dealkylation sites (tertiary alicyclic amines) is 1. The molecular weight excluding hydrogens is 216 g/mol. The SMILES string of the molecule is CC1CCCC(C)N1C(=O)c1ccc(C=O)[nH]1. The van der Waals surface area contributed by atoms with E-state index in [1.165, 1.54) is 6.42 Å². The van der Waals surface area contributed by atoms with Crippen LogP contribution >= 0.6 is 0 Å². The lowest BCUT2D eigenvalue weighted by Gasteiger charge is -2.38. The Kier molecular flexibility index (Phi) is 3.31. The molecule has 0 aromatic carbocycles. The summed E-state index contributed by atoms with van der Waals surface area (Å²) in [6, 6.07) is 3.86. The predicted octanol–water partition coefficient (Wildman–Crippen LogP) is 2.23. The topological polar surface area (TPSA) is 53.2 Å². The summed E-state index contributed by atoms with van der Waals surface area (Å²) < 4.78 is 0. The molecule has 2 unspecified atom stereocenters. The van der Waals surface area contributed by atoms with Gasteiger partial charge in [0.05, 0.1) is 5.69 Å². The molecule has 0 radical (unpaired) electrons. The molecule has 1 saturated heterocycles. The number of nitrogens with zero attached hydrogens (tertiary/aromatic N) is 1. The van der Waals surface area contributed by atoms with Gasteiger partial charge in [-0.05, 0) is 45.2 Å². The van der Waals surface area contributed by atoms with Crippen molar-refractivity contribution < 1.29 is 9.59 Å². The minimum Gasteiger partial charge on any atom is -0.348 e. The second kappa shape index (κ2) is 4.73. The van der Waals surface area contributed by atoms with Gasteiger partial charge in [-0.15, -0.1) is 0 Å². The van der Waals surface area contributed by atoms with Crippen LogP contribution in [-0.4, -0.2) is 34.2 Å². The van der Waals surface area contributed by atoms with E-state index in [0.717, 1.165) is 19.1 Å². The number of amides is 1. The minimum atomic E-state index is -0.00204. The van der Waals surface area contributed by atoms with Gasteiger partial charge in [-0.3, -0.25) is 9.59 Å². The van der Waals surface area contributed by atoms with Crippen molar-refractivity contribution in [3.05, 3.63) is 23.5 Å². The number of nitrogens with one attached hydrogen (secondary N) is 1. The van der Waals surface area contributed by atoms with Crippen molar-refractivity contribution in [3.63, 3.8) is 0 Å². The highest BCUT2D eigenvalue weighted by atomic mass is 16.2. The smallest absolute Gasteiger partial charge is 0.270 e. The largest absolute Gasteiger partial charge is 0.348 e. The Morgan fingerprint density at radius 2 is 2.00 bits per heavy atom. The van der Waals surface area contributed by atoms with E-state index >= 15 is 0 Å². The van der Waals surface area contributed by atoms with Crippen LogP contribution < -0.4 is 0 Å². The van der Waals surface area contributed by atoms with E-state index in [-0.39, 0.29) is 18.0 Å². The van der Waals surface area contributed by atoms with Crippen LogP contribution in [-0.2, 0) is 0 Å². The fraction of sp³-hybridized carbons (Fsp3) is 0.538. The molecule has 1 N–H and O–H groups in total. The Morgan fingerprint density at radius 1 is 1.35 bits per heavy atom. The monoisotopic (exact) mass is 234 g/mol. The summed E-state index contributed by atoms with van der Waals surface area (Å²) in [4.78, 5) is 27.7. The number of hydrogen-bond acceptors (Lipinski definition) is 2. The van der Waals surface area contributed by atoms with Crippen LogP contribution in [0, 0.1) is 0 Å². The molecule has 17 heavy (non-hydrogen) atoms. The first kappa shape index (κ1) is 11.9. The lowest BCUT2D eigenvalue weighted by atomic mass is 9.97. The van der Waals surface area contributed by atoms with Crippen molar-refractivity contribution in [2.45, 2.75) is 45.2 Å². The molecule has 1 fully saturated rings. The van der Waals surface area contributed by atoms with Gasteiger partial charge in [0.25, 0.3) is 5.91 Å². The molecule has 2 atom stereocenters. The zero-order valence-corrected chi connectivity index (χ0v) is 10.3. The van der Waals surface area contributed by atoms with E-state index in [2.05, 4.69) is 18.8 Å². The summed E-state index contributed by atoms with van der Waals surface area (Å²) in [5.41, 5.74) is 0.957. The molecule has 1 amide bonds. The minimum absolute atomic E-state index is 0.00204. The Bertz CT molecular complexity index is 415. The van der Waals surface area contributed by atoms with Gasteiger partial charge in [-0.25, -0.2) is 0 Å². The number of hydrogen-bond donors (Lipinski definition) is 1. The van der Waals surface area contributed by atoms with Crippen LogP contribution in [0.15, 0.2) is 12.1 Å². The lowest BCUT2D eigenvalue weighted by Crippen LogP contribution is -2.47. The first-order valence-electron chi connectivity index (χ1n) is 6.10. The summed E-state index contributed by atoms with van der Waals surface area (Å²) in [5.74, 6) is -0.00204. The van der Waals surface area contributed by atoms with E-state index in [1.54, 1.807) is 12.1 Å². The van der Waals surface area contributed by atoms with Crippen molar-refractivity contribution in [1.29, 1.82) is 0 Å². The Morgan fingerprint density at radius 3 is 2.53 bits per heavy atom. The highest BCUT2D eigenvalue weighted by Crippen LogP contribution is 2.24. The number of aromatic nitrogens is 1. The Hall–Kier alpha value is -1.58. The second-order valence-corrected chi connectivity index (χ2v) is 4.79. The fourth-order valence-corrected chi connectivity index (χ4v) is 2.57. The van der Waals surface area contributed by atoms with Gasteiger partial charge in [-0.1, -0.05) is 0 Å². The Labute approximate surface area is 101 Å². The van der Waals surface area contributed by atoms with Gasteiger partial charge in [-0.2, -0.15) is 0 Å². The average molecular weight is 234 g/mol. The van der Waals surface area contributed by atoms with Crippen molar-refractivity contribution in [2.75, 3.05) is 0 Å². The van der Waals surface area contributed by atoms with Gasteiger partial charge >= 0.3 is 0 Å². The number of carbonyl (C=O) groups excluding carboxylic acids is 2. The molecule has 4 nitrogen and oxygen atoms in total. The van der Waals surface area contributed by atoms with Crippen molar-refractivity contribution >= 4 is 12.2 Å². The van der Waals surface area contributed by atoms with Crippen LogP contribution in [0.1, 0.15) is 54.1 Å². The van der Waals surface area contributed by atoms with Gasteiger partial charge in [0.2, 0.25) is 0 Å². The fourth-order valence-electron chi connectivity index (χ4n) is 2.57. The third-order valence-electron chi connectivity index (χ3n) is 3.49. The number of carbonyl (C=O) groups is 2. The van der Waals surface area contributed by atoms with Crippen LogP contribution in [0.2, 0.25) is 0 Å². The highest BCUT2D eigenvalue weighted by molar-refractivity contribution is 5.94. The van der Waals surface area contributed by atoms with Crippen molar-refractivity contribution in [3.8, 4) is 0 Å². The molecular formula is C13H18N2O2. The molecule has 1 aromatic rings. The number of H-pyrrole nitrogens is 1. The molecule has 0 aliphatic carbocycles. The summed E-state index contributed by atoms with van der Waals surface area (Å²) in [5, 5.41) is 0. The summed E-state index contributed by atoms with van der Waals surface area (Å²) >= 11 is 0. The van der Waals surface area contributed by atoms with Crippen LogP contribution in [0.5, 0.6) is 0 Å². The van der Waals surface area contributed by atoms with Gasteiger partial charge < -0.3 is 9.88 Å². The first-order valence-corrected chi connectivity index (χ1v) is 6.10. The van der Waals surface area contributed by atoms with Crippen LogP contribution in [0.3, 0.4) is 0 Å². The molecule has 2 rings (SSSR count). The number of piperidine rings is 1. The van der Waals surface area contributed by atoms with E-state index in [0.29, 0.717) is 11.4 Å². The average Bonchev–Trinajstić information content (AvgIpc) is 2.77. The molecule has 2 heterocycles. The molecule has 0 spiro atoms. The Balaban J connectivity index is 2.20. The standard InChI is InChI=1S/C13H18N2O2/c1-9-4-3-5-10(2)15(9)13(17)12-7-6-11(8-16)14-12/h6-10,14H,3-5H2,1-2H3.